The normalized spacial score (nSPS) is 18.8. The highest BCUT2D eigenvalue weighted by Gasteiger charge is 2.25. The Morgan fingerprint density at radius 3 is 2.70 bits per heavy atom. The fraction of sp³-hybridized carbons (Fsp3) is 0.562. The Morgan fingerprint density at radius 2 is 2.15 bits per heavy atom. The molecule has 110 valence electrons. The Labute approximate surface area is 126 Å². The lowest BCUT2D eigenvalue weighted by Gasteiger charge is -2.34. The molecule has 1 fully saturated rings. The molecule has 1 aliphatic rings. The van der Waals surface area contributed by atoms with Crippen molar-refractivity contribution in [3.63, 3.8) is 0 Å². The lowest BCUT2D eigenvalue weighted by molar-refractivity contribution is 0.0649. The molecule has 1 heterocycles. The largest absolute Gasteiger partial charge is 0.334 e. The van der Waals surface area contributed by atoms with Crippen LogP contribution in [0.2, 0.25) is 0 Å². The van der Waals surface area contributed by atoms with E-state index in [-0.39, 0.29) is 5.91 Å². The molecule has 1 N–H and O–H groups in total. The van der Waals surface area contributed by atoms with Crippen LogP contribution >= 0.6 is 11.8 Å². The fourth-order valence-electron chi connectivity index (χ4n) is 2.69. The lowest BCUT2D eigenvalue weighted by atomic mass is 10.0. The number of hydrogen-bond acceptors (Lipinski definition) is 3. The van der Waals surface area contributed by atoms with Gasteiger partial charge in [-0.15, -0.1) is 11.8 Å². The van der Waals surface area contributed by atoms with Gasteiger partial charge in [0.15, 0.2) is 0 Å². The summed E-state index contributed by atoms with van der Waals surface area (Å²) in [7, 11) is 0. The molecule has 1 saturated heterocycles. The molecule has 0 radical (unpaired) electrons. The molecule has 1 atom stereocenters. The molecule has 0 saturated carbocycles. The van der Waals surface area contributed by atoms with Crippen LogP contribution < -0.4 is 5.32 Å². The van der Waals surface area contributed by atoms with Crippen molar-refractivity contribution in [2.24, 2.45) is 0 Å². The molecule has 1 aromatic carbocycles. The summed E-state index contributed by atoms with van der Waals surface area (Å²) in [5, 5.41) is 3.40. The predicted molar refractivity (Wildman–Crippen MR) is 85.4 cm³/mol. The maximum Gasteiger partial charge on any atom is 0.254 e. The van der Waals surface area contributed by atoms with Gasteiger partial charge in [0.05, 0.1) is 0 Å². The minimum atomic E-state index is 0.174. The summed E-state index contributed by atoms with van der Waals surface area (Å²) >= 11 is 1.70. The summed E-state index contributed by atoms with van der Waals surface area (Å²) in [5.41, 5.74) is 0.807. The van der Waals surface area contributed by atoms with Crippen molar-refractivity contribution in [2.75, 3.05) is 25.9 Å². The zero-order valence-corrected chi connectivity index (χ0v) is 13.2. The zero-order chi connectivity index (χ0) is 14.4. The van der Waals surface area contributed by atoms with Gasteiger partial charge in [0.1, 0.15) is 0 Å². The maximum absolute atomic E-state index is 12.7. The van der Waals surface area contributed by atoms with Gasteiger partial charge in [0.25, 0.3) is 5.91 Å². The summed E-state index contributed by atoms with van der Waals surface area (Å²) in [6.07, 6.45) is 5.32. The molecule has 0 spiro atoms. The minimum Gasteiger partial charge on any atom is -0.334 e. The Kier molecular flexibility index (Phi) is 5.92. The topological polar surface area (TPSA) is 32.3 Å². The molecule has 2 rings (SSSR count). The van der Waals surface area contributed by atoms with Crippen LogP contribution in [0.3, 0.4) is 0 Å². The van der Waals surface area contributed by atoms with Gasteiger partial charge in [0, 0.05) is 29.6 Å². The van der Waals surface area contributed by atoms with E-state index < -0.39 is 0 Å². The van der Waals surface area contributed by atoms with Crippen LogP contribution in [-0.4, -0.2) is 42.7 Å². The Bertz CT molecular complexity index is 427. The Morgan fingerprint density at radius 1 is 1.40 bits per heavy atom. The third-order valence-electron chi connectivity index (χ3n) is 3.77. The monoisotopic (exact) mass is 292 g/mol. The molecule has 3 nitrogen and oxygen atoms in total. The van der Waals surface area contributed by atoms with Gasteiger partial charge in [-0.1, -0.05) is 6.92 Å². The number of amides is 1. The maximum atomic E-state index is 12.7. The summed E-state index contributed by atoms with van der Waals surface area (Å²) in [6, 6.07) is 8.30. The lowest BCUT2D eigenvalue weighted by Crippen LogP contribution is -2.49. The molecule has 1 aliphatic heterocycles. The molecule has 0 aromatic heterocycles. The molecule has 1 amide bonds. The van der Waals surface area contributed by atoms with Crippen LogP contribution in [-0.2, 0) is 0 Å². The third kappa shape index (κ3) is 3.76. The van der Waals surface area contributed by atoms with Crippen LogP contribution in [0.1, 0.15) is 36.5 Å². The van der Waals surface area contributed by atoms with E-state index in [2.05, 4.69) is 17.1 Å². The standard InChI is InChI=1S/C16H24N2OS/c1-3-11-18(14-5-4-10-17-12-14)16(19)13-6-8-15(20-2)9-7-13/h6-9,14,17H,3-5,10-12H2,1-2H3. The van der Waals surface area contributed by atoms with E-state index >= 15 is 0 Å². The number of piperidine rings is 1. The van der Waals surface area contributed by atoms with Gasteiger partial charge in [0.2, 0.25) is 0 Å². The van der Waals surface area contributed by atoms with Crippen molar-refractivity contribution in [1.82, 2.24) is 10.2 Å². The zero-order valence-electron chi connectivity index (χ0n) is 12.4. The summed E-state index contributed by atoms with van der Waals surface area (Å²) < 4.78 is 0. The SMILES string of the molecule is CCCN(C(=O)c1ccc(SC)cc1)C1CCCNC1. The van der Waals surface area contributed by atoms with Crippen LogP contribution in [0.5, 0.6) is 0 Å². The number of thioether (sulfide) groups is 1. The van der Waals surface area contributed by atoms with E-state index in [4.69, 9.17) is 0 Å². The molecular formula is C16H24N2OS. The van der Waals surface area contributed by atoms with E-state index in [1.165, 1.54) is 4.90 Å². The minimum absolute atomic E-state index is 0.174. The van der Waals surface area contributed by atoms with Crippen molar-refractivity contribution >= 4 is 17.7 Å². The first-order valence-electron chi connectivity index (χ1n) is 7.42. The van der Waals surface area contributed by atoms with Gasteiger partial charge in [-0.3, -0.25) is 4.79 Å². The van der Waals surface area contributed by atoms with Gasteiger partial charge < -0.3 is 10.2 Å². The highest BCUT2D eigenvalue weighted by Crippen LogP contribution is 2.18. The highest BCUT2D eigenvalue weighted by atomic mass is 32.2. The fourth-order valence-corrected chi connectivity index (χ4v) is 3.10. The van der Waals surface area contributed by atoms with Crippen LogP contribution in [0.25, 0.3) is 0 Å². The van der Waals surface area contributed by atoms with Gasteiger partial charge >= 0.3 is 0 Å². The van der Waals surface area contributed by atoms with E-state index in [1.807, 2.05) is 30.5 Å². The molecule has 0 bridgehead atoms. The quantitative estimate of drug-likeness (QED) is 0.847. The van der Waals surface area contributed by atoms with Crippen molar-refractivity contribution < 1.29 is 4.79 Å². The van der Waals surface area contributed by atoms with E-state index in [0.29, 0.717) is 6.04 Å². The molecule has 1 unspecified atom stereocenters. The average Bonchev–Trinajstić information content (AvgIpc) is 2.53. The predicted octanol–water partition coefficient (Wildman–Crippen LogP) is 3.01. The van der Waals surface area contributed by atoms with E-state index in [0.717, 1.165) is 44.5 Å². The number of benzene rings is 1. The number of nitrogens with one attached hydrogen (secondary N) is 1. The van der Waals surface area contributed by atoms with Crippen molar-refractivity contribution in [2.45, 2.75) is 37.1 Å². The van der Waals surface area contributed by atoms with Crippen LogP contribution in [0.4, 0.5) is 0 Å². The molecule has 0 aliphatic carbocycles. The summed E-state index contributed by atoms with van der Waals surface area (Å²) in [4.78, 5) is 16.0. The Hall–Kier alpha value is -1.00. The smallest absolute Gasteiger partial charge is 0.254 e. The van der Waals surface area contributed by atoms with Gasteiger partial charge in [-0.25, -0.2) is 0 Å². The third-order valence-corrected chi connectivity index (χ3v) is 4.52. The number of hydrogen-bond donors (Lipinski definition) is 1. The van der Waals surface area contributed by atoms with Crippen LogP contribution in [0, 0.1) is 0 Å². The van der Waals surface area contributed by atoms with E-state index in [9.17, 15) is 4.79 Å². The first-order valence-corrected chi connectivity index (χ1v) is 8.64. The second-order valence-corrected chi connectivity index (χ2v) is 6.11. The second kappa shape index (κ2) is 7.70. The highest BCUT2D eigenvalue weighted by molar-refractivity contribution is 7.98. The average molecular weight is 292 g/mol. The van der Waals surface area contributed by atoms with Crippen molar-refractivity contribution in [3.8, 4) is 0 Å². The second-order valence-electron chi connectivity index (χ2n) is 5.23. The number of carbonyl (C=O) groups excluding carboxylic acids is 1. The van der Waals surface area contributed by atoms with Crippen molar-refractivity contribution in [1.29, 1.82) is 0 Å². The first-order chi connectivity index (χ1) is 9.76. The number of rotatable bonds is 5. The molecule has 20 heavy (non-hydrogen) atoms. The van der Waals surface area contributed by atoms with Crippen LogP contribution in [0.15, 0.2) is 29.2 Å². The summed E-state index contributed by atoms with van der Waals surface area (Å²) in [6.45, 7) is 4.98. The van der Waals surface area contributed by atoms with Gasteiger partial charge in [-0.2, -0.15) is 0 Å². The van der Waals surface area contributed by atoms with E-state index in [1.54, 1.807) is 11.8 Å². The van der Waals surface area contributed by atoms with Crippen molar-refractivity contribution in [3.05, 3.63) is 29.8 Å². The molecule has 1 aromatic rings. The van der Waals surface area contributed by atoms with Gasteiger partial charge in [-0.05, 0) is 56.3 Å². The first kappa shape index (κ1) is 15.4. The Balaban J connectivity index is 2.12. The number of nitrogens with zero attached hydrogens (tertiary/aromatic N) is 1. The number of carbonyl (C=O) groups is 1. The molecular weight excluding hydrogens is 268 g/mol. The molecule has 4 heteroatoms. The summed E-state index contributed by atoms with van der Waals surface area (Å²) in [5.74, 6) is 0.174.